The Kier molecular flexibility index (Phi) is 2.41. The van der Waals surface area contributed by atoms with E-state index in [0.717, 1.165) is 24.0 Å². The Morgan fingerprint density at radius 2 is 1.83 bits per heavy atom. The van der Waals surface area contributed by atoms with E-state index in [1.54, 1.807) is 12.1 Å². The van der Waals surface area contributed by atoms with Gasteiger partial charge in [-0.2, -0.15) is 5.26 Å². The zero-order valence-electron chi connectivity index (χ0n) is 9.86. The van der Waals surface area contributed by atoms with E-state index in [-0.39, 0.29) is 11.2 Å². The molecule has 0 atom stereocenters. The second kappa shape index (κ2) is 3.96. The highest BCUT2D eigenvalue weighted by atomic mass is 19.1. The van der Waals surface area contributed by atoms with Gasteiger partial charge >= 0.3 is 0 Å². The van der Waals surface area contributed by atoms with Gasteiger partial charge in [0.15, 0.2) is 0 Å². The van der Waals surface area contributed by atoms with Crippen LogP contribution in [0.15, 0.2) is 48.5 Å². The van der Waals surface area contributed by atoms with Crippen LogP contribution < -0.4 is 0 Å². The van der Waals surface area contributed by atoms with Crippen molar-refractivity contribution in [3.8, 4) is 17.2 Å². The van der Waals surface area contributed by atoms with E-state index in [9.17, 15) is 9.65 Å². The van der Waals surface area contributed by atoms with E-state index in [4.69, 9.17) is 0 Å². The average Bonchev–Trinajstić information content (AvgIpc) is 3.20. The van der Waals surface area contributed by atoms with Gasteiger partial charge in [-0.05, 0) is 36.1 Å². The maximum absolute atomic E-state index is 13.7. The molecule has 0 unspecified atom stereocenters. The molecule has 0 aromatic heterocycles. The van der Waals surface area contributed by atoms with Crippen LogP contribution in [0.25, 0.3) is 11.1 Å². The van der Waals surface area contributed by atoms with Crippen molar-refractivity contribution >= 4 is 0 Å². The van der Waals surface area contributed by atoms with Gasteiger partial charge in [-0.3, -0.25) is 0 Å². The summed E-state index contributed by atoms with van der Waals surface area (Å²) in [4.78, 5) is 0. The fourth-order valence-corrected chi connectivity index (χ4v) is 2.27. The van der Waals surface area contributed by atoms with Gasteiger partial charge in [0.25, 0.3) is 0 Å². The summed E-state index contributed by atoms with van der Waals surface area (Å²) in [6, 6.07) is 16.8. The number of nitrogens with zero attached hydrogens (tertiary/aromatic N) is 1. The minimum atomic E-state index is -0.318. The summed E-state index contributed by atoms with van der Waals surface area (Å²) in [5.41, 5.74) is 2.12. The first-order chi connectivity index (χ1) is 8.75. The first-order valence-electron chi connectivity index (χ1n) is 6.02. The topological polar surface area (TPSA) is 23.8 Å². The van der Waals surface area contributed by atoms with E-state index in [2.05, 4.69) is 6.07 Å². The van der Waals surface area contributed by atoms with Crippen LogP contribution in [-0.4, -0.2) is 0 Å². The normalized spacial score (nSPS) is 16.0. The van der Waals surface area contributed by atoms with Crippen LogP contribution in [0.3, 0.4) is 0 Å². The second-order valence-corrected chi connectivity index (χ2v) is 4.75. The quantitative estimate of drug-likeness (QED) is 0.773. The Labute approximate surface area is 106 Å². The molecule has 0 heterocycles. The summed E-state index contributed by atoms with van der Waals surface area (Å²) in [6.45, 7) is 0. The molecule has 0 bridgehead atoms. The van der Waals surface area contributed by atoms with Crippen molar-refractivity contribution in [2.45, 2.75) is 18.3 Å². The molecule has 1 aliphatic carbocycles. The SMILES string of the molecule is N#CC1(c2cccc(-c3ccccc3F)c2)CC1. The summed E-state index contributed by atoms with van der Waals surface area (Å²) in [5.74, 6) is -0.226. The molecule has 1 aliphatic rings. The van der Waals surface area contributed by atoms with E-state index in [1.807, 2.05) is 30.3 Å². The van der Waals surface area contributed by atoms with Crippen molar-refractivity contribution in [3.05, 3.63) is 59.9 Å². The highest BCUT2D eigenvalue weighted by molar-refractivity contribution is 5.66. The molecule has 1 saturated carbocycles. The minimum Gasteiger partial charge on any atom is -0.206 e. The van der Waals surface area contributed by atoms with Crippen molar-refractivity contribution in [1.82, 2.24) is 0 Å². The smallest absolute Gasteiger partial charge is 0.131 e. The number of rotatable bonds is 2. The van der Waals surface area contributed by atoms with Crippen molar-refractivity contribution in [2.24, 2.45) is 0 Å². The first kappa shape index (κ1) is 11.0. The molecule has 1 nitrogen and oxygen atoms in total. The first-order valence-corrected chi connectivity index (χ1v) is 6.02. The summed E-state index contributed by atoms with van der Waals surface area (Å²) in [6.07, 6.45) is 1.81. The summed E-state index contributed by atoms with van der Waals surface area (Å²) >= 11 is 0. The summed E-state index contributed by atoms with van der Waals surface area (Å²) in [5, 5.41) is 9.20. The van der Waals surface area contributed by atoms with Gasteiger partial charge in [0.05, 0.1) is 11.5 Å². The molecule has 3 rings (SSSR count). The van der Waals surface area contributed by atoms with Crippen molar-refractivity contribution in [3.63, 3.8) is 0 Å². The third-order valence-corrected chi connectivity index (χ3v) is 3.56. The number of nitriles is 1. The van der Waals surface area contributed by atoms with Crippen LogP contribution in [0, 0.1) is 17.1 Å². The van der Waals surface area contributed by atoms with Gasteiger partial charge in [0.1, 0.15) is 5.82 Å². The second-order valence-electron chi connectivity index (χ2n) is 4.75. The van der Waals surface area contributed by atoms with Gasteiger partial charge in [-0.15, -0.1) is 0 Å². The van der Waals surface area contributed by atoms with E-state index < -0.39 is 0 Å². The molecule has 0 N–H and O–H groups in total. The lowest BCUT2D eigenvalue weighted by atomic mass is 9.94. The molecule has 1 fully saturated rings. The van der Waals surface area contributed by atoms with Crippen molar-refractivity contribution in [2.75, 3.05) is 0 Å². The number of halogens is 1. The lowest BCUT2D eigenvalue weighted by Gasteiger charge is -2.09. The lowest BCUT2D eigenvalue weighted by molar-refractivity contribution is 0.631. The van der Waals surface area contributed by atoms with Crippen LogP contribution in [0.5, 0.6) is 0 Å². The molecule has 0 saturated heterocycles. The highest BCUT2D eigenvalue weighted by Crippen LogP contribution is 2.48. The molecule has 2 aromatic carbocycles. The summed E-state index contributed by atoms with van der Waals surface area (Å²) < 4.78 is 13.7. The van der Waals surface area contributed by atoms with Gasteiger partial charge in [-0.1, -0.05) is 36.4 Å². The maximum atomic E-state index is 13.7. The molecule has 0 spiro atoms. The third-order valence-electron chi connectivity index (χ3n) is 3.56. The van der Waals surface area contributed by atoms with Crippen molar-refractivity contribution in [1.29, 1.82) is 5.26 Å². The molecular formula is C16H12FN. The third kappa shape index (κ3) is 1.69. The molecule has 18 heavy (non-hydrogen) atoms. The highest BCUT2D eigenvalue weighted by Gasteiger charge is 2.44. The molecule has 2 heteroatoms. The maximum Gasteiger partial charge on any atom is 0.131 e. The van der Waals surface area contributed by atoms with Gasteiger partial charge < -0.3 is 0 Å². The molecule has 2 aromatic rings. The number of hydrogen-bond acceptors (Lipinski definition) is 1. The van der Waals surface area contributed by atoms with Crippen LogP contribution in [-0.2, 0) is 5.41 Å². The largest absolute Gasteiger partial charge is 0.206 e. The lowest BCUT2D eigenvalue weighted by Crippen LogP contribution is -2.02. The Hall–Kier alpha value is -2.14. The molecule has 0 amide bonds. The van der Waals surface area contributed by atoms with Crippen LogP contribution in [0.1, 0.15) is 18.4 Å². The van der Waals surface area contributed by atoms with Crippen LogP contribution in [0.4, 0.5) is 4.39 Å². The van der Waals surface area contributed by atoms with E-state index >= 15 is 0 Å². The standard InChI is InChI=1S/C16H12FN/c17-15-7-2-1-6-14(15)12-4-3-5-13(10-12)16(11-18)8-9-16/h1-7,10H,8-9H2. The fourth-order valence-electron chi connectivity index (χ4n) is 2.27. The van der Waals surface area contributed by atoms with Crippen molar-refractivity contribution < 1.29 is 4.39 Å². The van der Waals surface area contributed by atoms with E-state index in [0.29, 0.717) is 5.56 Å². The van der Waals surface area contributed by atoms with Crippen LogP contribution in [0.2, 0.25) is 0 Å². The van der Waals surface area contributed by atoms with Crippen LogP contribution >= 0.6 is 0 Å². The predicted molar refractivity (Wildman–Crippen MR) is 68.4 cm³/mol. The minimum absolute atomic E-state index is 0.226. The predicted octanol–water partition coefficient (Wildman–Crippen LogP) is 4.05. The molecule has 0 aliphatic heterocycles. The molecular weight excluding hydrogens is 225 g/mol. The average molecular weight is 237 g/mol. The molecule has 88 valence electrons. The zero-order chi connectivity index (χ0) is 12.6. The van der Waals surface area contributed by atoms with Gasteiger partial charge in [0, 0.05) is 5.56 Å². The zero-order valence-corrected chi connectivity index (χ0v) is 9.86. The molecule has 0 radical (unpaired) electrons. The Bertz CT molecular complexity index is 636. The Morgan fingerprint density at radius 1 is 1.06 bits per heavy atom. The van der Waals surface area contributed by atoms with Gasteiger partial charge in [0.2, 0.25) is 0 Å². The number of hydrogen-bond donors (Lipinski definition) is 0. The number of benzene rings is 2. The van der Waals surface area contributed by atoms with E-state index in [1.165, 1.54) is 6.07 Å². The Balaban J connectivity index is 2.08. The summed E-state index contributed by atoms with van der Waals surface area (Å²) in [7, 11) is 0. The monoisotopic (exact) mass is 237 g/mol. The Morgan fingerprint density at radius 3 is 2.50 bits per heavy atom. The fraction of sp³-hybridized carbons (Fsp3) is 0.188. The van der Waals surface area contributed by atoms with Gasteiger partial charge in [-0.25, -0.2) is 4.39 Å².